The summed E-state index contributed by atoms with van der Waals surface area (Å²) in [6.07, 6.45) is 0. The molecule has 0 unspecified atom stereocenters. The van der Waals surface area contributed by atoms with Crippen molar-refractivity contribution in [3.63, 3.8) is 0 Å². The number of hydrogen-bond donors (Lipinski definition) is 3. The fraction of sp³-hybridized carbons (Fsp3) is 0.211. The number of nitrogen functional groups attached to an aromatic ring is 1. The van der Waals surface area contributed by atoms with E-state index >= 15 is 0 Å². The lowest BCUT2D eigenvalue weighted by Crippen LogP contribution is -2.25. The van der Waals surface area contributed by atoms with Crippen LogP contribution >= 0.6 is 11.6 Å². The van der Waals surface area contributed by atoms with Gasteiger partial charge in [0.2, 0.25) is 11.9 Å². The normalized spacial score (nSPS) is 13.2. The molecule has 4 N–H and O–H groups in total. The lowest BCUT2D eigenvalue weighted by Gasteiger charge is -2.20. The molecule has 0 bridgehead atoms. The van der Waals surface area contributed by atoms with Crippen LogP contribution in [0.2, 0.25) is 5.02 Å². The van der Waals surface area contributed by atoms with E-state index in [1.54, 1.807) is 0 Å². The number of anilines is 3. The van der Waals surface area contributed by atoms with Gasteiger partial charge in [-0.05, 0) is 37.6 Å². The highest BCUT2D eigenvalue weighted by Crippen LogP contribution is 2.25. The first kappa shape index (κ1) is 18.1. The highest BCUT2D eigenvalue weighted by atomic mass is 35.5. The van der Waals surface area contributed by atoms with E-state index < -0.39 is 0 Å². The monoisotopic (exact) mass is 368 g/mol. The molecule has 0 spiro atoms. The van der Waals surface area contributed by atoms with E-state index in [1.807, 2.05) is 68.4 Å². The number of benzene rings is 2. The predicted octanol–water partition coefficient (Wildman–Crippen LogP) is 4.26. The molecule has 0 fully saturated rings. The van der Waals surface area contributed by atoms with Crippen molar-refractivity contribution in [1.29, 1.82) is 0 Å². The van der Waals surface area contributed by atoms with E-state index in [1.165, 1.54) is 0 Å². The molecule has 1 aromatic heterocycles. The summed E-state index contributed by atoms with van der Waals surface area (Å²) < 4.78 is 0. The van der Waals surface area contributed by atoms with Gasteiger partial charge in [-0.3, -0.25) is 0 Å². The summed E-state index contributed by atoms with van der Waals surface area (Å²) in [5, 5.41) is 7.32. The van der Waals surface area contributed by atoms with Crippen LogP contribution in [0, 0.1) is 0 Å². The Morgan fingerprint density at radius 2 is 1.58 bits per heavy atom. The third kappa shape index (κ3) is 4.47. The first-order valence-electron chi connectivity index (χ1n) is 8.37. The van der Waals surface area contributed by atoms with Crippen molar-refractivity contribution >= 4 is 29.2 Å². The van der Waals surface area contributed by atoms with Gasteiger partial charge in [-0.1, -0.05) is 48.0 Å². The summed E-state index contributed by atoms with van der Waals surface area (Å²) >= 11 is 6.28. The fourth-order valence-electron chi connectivity index (χ4n) is 2.68. The van der Waals surface area contributed by atoms with E-state index in [0.29, 0.717) is 11.8 Å². The lowest BCUT2D eigenvalue weighted by atomic mass is 10.1. The van der Waals surface area contributed by atoms with Crippen LogP contribution in [-0.4, -0.2) is 15.0 Å². The molecule has 7 heteroatoms. The zero-order valence-electron chi connectivity index (χ0n) is 14.6. The topological polar surface area (TPSA) is 88.8 Å². The maximum Gasteiger partial charge on any atom is 0.232 e. The summed E-state index contributed by atoms with van der Waals surface area (Å²) in [5.41, 5.74) is 7.77. The molecule has 0 aliphatic heterocycles. The quantitative estimate of drug-likeness (QED) is 0.602. The Kier molecular flexibility index (Phi) is 5.65. The molecule has 3 rings (SSSR count). The van der Waals surface area contributed by atoms with Gasteiger partial charge < -0.3 is 16.4 Å². The predicted molar refractivity (Wildman–Crippen MR) is 105 cm³/mol. The summed E-state index contributed by atoms with van der Waals surface area (Å²) in [6, 6.07) is 17.3. The van der Waals surface area contributed by atoms with Crippen LogP contribution in [0.15, 0.2) is 54.6 Å². The van der Waals surface area contributed by atoms with Crippen LogP contribution in [0.4, 0.5) is 17.6 Å². The van der Waals surface area contributed by atoms with Crippen molar-refractivity contribution in [2.75, 3.05) is 11.1 Å². The fourth-order valence-corrected chi connectivity index (χ4v) is 2.97. The second kappa shape index (κ2) is 8.12. The minimum absolute atomic E-state index is 0.0298. The number of aromatic nitrogens is 3. The second-order valence-corrected chi connectivity index (χ2v) is 6.41. The van der Waals surface area contributed by atoms with Gasteiger partial charge in [-0.25, -0.2) is 0 Å². The van der Waals surface area contributed by atoms with Gasteiger partial charge >= 0.3 is 0 Å². The Hall–Kier alpha value is -2.70. The Morgan fingerprint density at radius 1 is 0.885 bits per heavy atom. The molecular weight excluding hydrogens is 348 g/mol. The number of halogens is 1. The maximum atomic E-state index is 6.28. The number of nitrogens with two attached hydrogens (primary N) is 1. The minimum Gasteiger partial charge on any atom is -0.368 e. The summed E-state index contributed by atoms with van der Waals surface area (Å²) in [5.74, 6) is 1.15. The van der Waals surface area contributed by atoms with Gasteiger partial charge in [0.1, 0.15) is 0 Å². The van der Waals surface area contributed by atoms with Gasteiger partial charge in [0.05, 0.1) is 6.04 Å². The molecule has 0 aliphatic carbocycles. The van der Waals surface area contributed by atoms with E-state index in [4.69, 9.17) is 17.3 Å². The first-order chi connectivity index (χ1) is 12.5. The Balaban J connectivity index is 1.77. The molecule has 26 heavy (non-hydrogen) atoms. The summed E-state index contributed by atoms with van der Waals surface area (Å²) in [4.78, 5) is 12.9. The summed E-state index contributed by atoms with van der Waals surface area (Å²) in [7, 11) is 0. The molecule has 0 saturated carbocycles. The standard InChI is InChI=1S/C19H21ClN6/c1-12(15-10-6-7-11-16(15)20)22-13(2)17-24-18(21)26-19(25-17)23-14-8-4-3-5-9-14/h3-13,22H,1-2H3,(H3,21,23,24,25,26)/t12-,13-/m1/s1. The lowest BCUT2D eigenvalue weighted by molar-refractivity contribution is 0.476. The third-order valence-electron chi connectivity index (χ3n) is 3.96. The van der Waals surface area contributed by atoms with E-state index in [2.05, 4.69) is 25.6 Å². The van der Waals surface area contributed by atoms with Gasteiger partial charge in [-0.15, -0.1) is 0 Å². The van der Waals surface area contributed by atoms with Crippen LogP contribution < -0.4 is 16.4 Å². The molecular formula is C19H21ClN6. The molecule has 1 heterocycles. The molecule has 0 radical (unpaired) electrons. The van der Waals surface area contributed by atoms with Crippen LogP contribution in [0.1, 0.15) is 37.3 Å². The van der Waals surface area contributed by atoms with Crippen LogP contribution in [0.5, 0.6) is 0 Å². The molecule has 6 nitrogen and oxygen atoms in total. The number of para-hydroxylation sites is 1. The van der Waals surface area contributed by atoms with Crippen molar-refractivity contribution < 1.29 is 0 Å². The number of hydrogen-bond acceptors (Lipinski definition) is 6. The summed E-state index contributed by atoms with van der Waals surface area (Å²) in [6.45, 7) is 4.03. The zero-order chi connectivity index (χ0) is 18.5. The van der Waals surface area contributed by atoms with Crippen LogP contribution in [0.25, 0.3) is 0 Å². The molecule has 0 amide bonds. The molecule has 0 aliphatic rings. The molecule has 2 atom stereocenters. The number of rotatable bonds is 6. The van der Waals surface area contributed by atoms with E-state index in [0.717, 1.165) is 16.3 Å². The van der Waals surface area contributed by atoms with Crippen molar-refractivity contribution in [3.8, 4) is 0 Å². The van der Waals surface area contributed by atoms with E-state index in [9.17, 15) is 0 Å². The Morgan fingerprint density at radius 3 is 2.31 bits per heavy atom. The molecule has 0 saturated heterocycles. The largest absolute Gasteiger partial charge is 0.368 e. The van der Waals surface area contributed by atoms with Crippen molar-refractivity contribution in [1.82, 2.24) is 20.3 Å². The van der Waals surface area contributed by atoms with Crippen molar-refractivity contribution in [2.24, 2.45) is 0 Å². The maximum absolute atomic E-state index is 6.28. The van der Waals surface area contributed by atoms with Crippen LogP contribution in [-0.2, 0) is 0 Å². The smallest absolute Gasteiger partial charge is 0.232 e. The minimum atomic E-state index is -0.136. The number of nitrogens with one attached hydrogen (secondary N) is 2. The molecule has 3 aromatic rings. The third-order valence-corrected chi connectivity index (χ3v) is 4.30. The van der Waals surface area contributed by atoms with Gasteiger partial charge in [-0.2, -0.15) is 15.0 Å². The molecule has 2 aromatic carbocycles. The highest BCUT2D eigenvalue weighted by molar-refractivity contribution is 6.31. The zero-order valence-corrected chi connectivity index (χ0v) is 15.4. The van der Waals surface area contributed by atoms with E-state index in [-0.39, 0.29) is 18.0 Å². The van der Waals surface area contributed by atoms with Gasteiger partial charge in [0.15, 0.2) is 5.82 Å². The van der Waals surface area contributed by atoms with Gasteiger partial charge in [0.25, 0.3) is 0 Å². The number of nitrogens with zero attached hydrogens (tertiary/aromatic N) is 3. The first-order valence-corrected chi connectivity index (χ1v) is 8.74. The Labute approximate surface area is 157 Å². The van der Waals surface area contributed by atoms with Gasteiger partial charge in [0, 0.05) is 16.8 Å². The van der Waals surface area contributed by atoms with Crippen molar-refractivity contribution in [3.05, 3.63) is 71.0 Å². The van der Waals surface area contributed by atoms with Crippen molar-refractivity contribution in [2.45, 2.75) is 25.9 Å². The second-order valence-electron chi connectivity index (χ2n) is 6.00. The van der Waals surface area contributed by atoms with Crippen LogP contribution in [0.3, 0.4) is 0 Å². The average molecular weight is 369 g/mol. The SMILES string of the molecule is C[C@@H](N[C@H](C)c1ccccc1Cl)c1nc(N)nc(Nc2ccccc2)n1. The highest BCUT2D eigenvalue weighted by Gasteiger charge is 2.17. The Bertz CT molecular complexity index is 871. The average Bonchev–Trinajstić information content (AvgIpc) is 2.62. The molecule has 134 valence electrons.